The summed E-state index contributed by atoms with van der Waals surface area (Å²) in [7, 11) is 0. The lowest BCUT2D eigenvalue weighted by atomic mass is 9.98. The lowest BCUT2D eigenvalue weighted by Gasteiger charge is -2.40. The van der Waals surface area contributed by atoms with E-state index in [9.17, 15) is 14.4 Å². The summed E-state index contributed by atoms with van der Waals surface area (Å²) >= 11 is 3.48. The molecule has 1 aromatic rings. The molecule has 0 bridgehead atoms. The van der Waals surface area contributed by atoms with Gasteiger partial charge in [0.05, 0.1) is 0 Å². The smallest absolute Gasteiger partial charge is 0.417 e. The Morgan fingerprint density at radius 1 is 1.26 bits per heavy atom. The summed E-state index contributed by atoms with van der Waals surface area (Å²) in [5.41, 5.74) is 1.11. The molecule has 6 nitrogen and oxygen atoms in total. The number of carbonyl (C=O) groups excluding carboxylic acids is 3. The SMILES string of the molecule is O=C(CCc1ccccc1Br)N1CC(CN2C(=O)COC2=O)C1. The molecule has 122 valence electrons. The number of rotatable bonds is 5. The van der Waals surface area contributed by atoms with Crippen molar-refractivity contribution in [3.05, 3.63) is 34.3 Å². The summed E-state index contributed by atoms with van der Waals surface area (Å²) in [5, 5.41) is 0. The van der Waals surface area contributed by atoms with Crippen LogP contribution in [-0.4, -0.2) is 53.9 Å². The van der Waals surface area contributed by atoms with Crippen molar-refractivity contribution in [2.45, 2.75) is 12.8 Å². The first-order valence-electron chi connectivity index (χ1n) is 7.53. The second kappa shape index (κ2) is 6.70. The quantitative estimate of drug-likeness (QED) is 0.781. The van der Waals surface area contributed by atoms with Crippen molar-refractivity contribution in [2.75, 3.05) is 26.2 Å². The highest BCUT2D eigenvalue weighted by molar-refractivity contribution is 9.10. The van der Waals surface area contributed by atoms with E-state index in [1.54, 1.807) is 4.90 Å². The molecule has 0 unspecified atom stereocenters. The fourth-order valence-electron chi connectivity index (χ4n) is 2.81. The Hall–Kier alpha value is -1.89. The monoisotopic (exact) mass is 380 g/mol. The zero-order chi connectivity index (χ0) is 16.4. The molecular formula is C16H17BrN2O4. The molecule has 3 amide bonds. The number of carbonyl (C=O) groups is 3. The second-order valence-electron chi connectivity index (χ2n) is 5.82. The normalized spacial score (nSPS) is 18.1. The van der Waals surface area contributed by atoms with Crippen molar-refractivity contribution in [1.29, 1.82) is 0 Å². The number of benzene rings is 1. The Kier molecular flexibility index (Phi) is 4.66. The van der Waals surface area contributed by atoms with E-state index in [2.05, 4.69) is 20.7 Å². The van der Waals surface area contributed by atoms with Crippen LogP contribution in [0.1, 0.15) is 12.0 Å². The summed E-state index contributed by atoms with van der Waals surface area (Å²) in [4.78, 5) is 37.9. The van der Waals surface area contributed by atoms with Crippen LogP contribution in [-0.2, 0) is 20.7 Å². The molecule has 0 radical (unpaired) electrons. The standard InChI is InChI=1S/C16H17BrN2O4/c17-13-4-2-1-3-12(13)5-6-14(20)18-7-11(8-18)9-19-15(21)10-23-16(19)22/h1-4,11H,5-10H2. The first kappa shape index (κ1) is 16.0. The molecule has 2 aliphatic rings. The number of imide groups is 1. The zero-order valence-electron chi connectivity index (χ0n) is 12.5. The van der Waals surface area contributed by atoms with Crippen molar-refractivity contribution in [1.82, 2.24) is 9.80 Å². The van der Waals surface area contributed by atoms with E-state index in [1.807, 2.05) is 24.3 Å². The number of ether oxygens (including phenoxy) is 1. The van der Waals surface area contributed by atoms with Gasteiger partial charge in [0.25, 0.3) is 5.91 Å². The summed E-state index contributed by atoms with van der Waals surface area (Å²) in [6, 6.07) is 7.86. The van der Waals surface area contributed by atoms with Gasteiger partial charge < -0.3 is 9.64 Å². The van der Waals surface area contributed by atoms with E-state index in [0.717, 1.165) is 14.9 Å². The fourth-order valence-corrected chi connectivity index (χ4v) is 3.29. The minimum absolute atomic E-state index is 0.104. The first-order valence-corrected chi connectivity index (χ1v) is 8.32. The fraction of sp³-hybridized carbons (Fsp3) is 0.438. The average Bonchev–Trinajstić information content (AvgIpc) is 2.80. The highest BCUT2D eigenvalue weighted by Gasteiger charge is 2.38. The van der Waals surface area contributed by atoms with Crippen molar-refractivity contribution in [3.8, 4) is 0 Å². The third-order valence-electron chi connectivity index (χ3n) is 4.16. The highest BCUT2D eigenvalue weighted by atomic mass is 79.9. The molecule has 2 heterocycles. The van der Waals surface area contributed by atoms with Crippen molar-refractivity contribution < 1.29 is 19.1 Å². The summed E-state index contributed by atoms with van der Waals surface area (Å²) in [6.45, 7) is 1.35. The zero-order valence-corrected chi connectivity index (χ0v) is 14.1. The molecule has 0 aromatic heterocycles. The van der Waals surface area contributed by atoms with E-state index in [1.165, 1.54) is 0 Å². The molecule has 2 fully saturated rings. The lowest BCUT2D eigenvalue weighted by molar-refractivity contribution is -0.138. The molecule has 0 atom stereocenters. The first-order chi connectivity index (χ1) is 11.0. The largest absolute Gasteiger partial charge is 0.439 e. The molecule has 7 heteroatoms. The van der Waals surface area contributed by atoms with Crippen LogP contribution in [0.2, 0.25) is 0 Å². The molecule has 1 aromatic carbocycles. The van der Waals surface area contributed by atoms with Gasteiger partial charge in [0, 0.05) is 36.4 Å². The molecule has 2 saturated heterocycles. The summed E-state index contributed by atoms with van der Waals surface area (Å²) < 4.78 is 5.69. The van der Waals surface area contributed by atoms with Gasteiger partial charge in [0.2, 0.25) is 5.91 Å². The van der Waals surface area contributed by atoms with Gasteiger partial charge in [-0.2, -0.15) is 0 Å². The van der Waals surface area contributed by atoms with Crippen molar-refractivity contribution in [2.24, 2.45) is 5.92 Å². The predicted octanol–water partition coefficient (Wildman–Crippen LogP) is 1.82. The molecule has 0 saturated carbocycles. The van der Waals surface area contributed by atoms with E-state index in [0.29, 0.717) is 32.5 Å². The maximum absolute atomic E-state index is 12.2. The summed E-state index contributed by atoms with van der Waals surface area (Å²) in [6.07, 6.45) is 0.576. The number of nitrogens with zero attached hydrogens (tertiary/aromatic N) is 2. The Morgan fingerprint density at radius 2 is 2.00 bits per heavy atom. The van der Waals surface area contributed by atoms with Gasteiger partial charge in [-0.3, -0.25) is 9.59 Å². The van der Waals surface area contributed by atoms with Gasteiger partial charge in [-0.25, -0.2) is 9.69 Å². The van der Waals surface area contributed by atoms with Crippen LogP contribution in [0.3, 0.4) is 0 Å². The van der Waals surface area contributed by atoms with Crippen molar-refractivity contribution in [3.63, 3.8) is 0 Å². The third kappa shape index (κ3) is 3.55. The number of halogens is 1. The Bertz CT molecular complexity index is 627. The number of cyclic esters (lactones) is 1. The number of aryl methyl sites for hydroxylation is 1. The number of hydrogen-bond donors (Lipinski definition) is 0. The highest BCUT2D eigenvalue weighted by Crippen LogP contribution is 2.22. The Morgan fingerprint density at radius 3 is 2.65 bits per heavy atom. The molecule has 3 rings (SSSR count). The Labute approximate surface area is 142 Å². The third-order valence-corrected chi connectivity index (χ3v) is 4.93. The van der Waals surface area contributed by atoms with Crippen molar-refractivity contribution >= 4 is 33.8 Å². The molecule has 2 aliphatic heterocycles. The van der Waals surface area contributed by atoms with Crippen LogP contribution in [0.15, 0.2) is 28.7 Å². The molecular weight excluding hydrogens is 364 g/mol. The van der Waals surface area contributed by atoms with E-state index in [-0.39, 0.29) is 24.3 Å². The summed E-state index contributed by atoms with van der Waals surface area (Å²) in [5.74, 6) is -0.0435. The number of amides is 3. The van der Waals surface area contributed by atoms with E-state index >= 15 is 0 Å². The maximum atomic E-state index is 12.2. The molecule has 23 heavy (non-hydrogen) atoms. The number of hydrogen-bond acceptors (Lipinski definition) is 4. The van der Waals surface area contributed by atoms with Crippen LogP contribution < -0.4 is 0 Å². The van der Waals surface area contributed by atoms with E-state index < -0.39 is 6.09 Å². The van der Waals surface area contributed by atoms with Gasteiger partial charge in [-0.1, -0.05) is 34.1 Å². The van der Waals surface area contributed by atoms with Crippen LogP contribution in [0, 0.1) is 5.92 Å². The minimum atomic E-state index is -0.575. The van der Waals surface area contributed by atoms with Crippen LogP contribution >= 0.6 is 15.9 Å². The van der Waals surface area contributed by atoms with Gasteiger partial charge in [-0.15, -0.1) is 0 Å². The lowest BCUT2D eigenvalue weighted by Crippen LogP contribution is -2.54. The molecule has 0 aliphatic carbocycles. The minimum Gasteiger partial charge on any atom is -0.439 e. The predicted molar refractivity (Wildman–Crippen MR) is 85.6 cm³/mol. The molecule has 0 N–H and O–H groups in total. The Balaban J connectivity index is 1.42. The van der Waals surface area contributed by atoms with Crippen LogP contribution in [0.5, 0.6) is 0 Å². The number of likely N-dealkylation sites (tertiary alicyclic amines) is 1. The van der Waals surface area contributed by atoms with E-state index in [4.69, 9.17) is 0 Å². The molecule has 0 spiro atoms. The van der Waals surface area contributed by atoms with Gasteiger partial charge in [0.15, 0.2) is 6.61 Å². The topological polar surface area (TPSA) is 66.9 Å². The van der Waals surface area contributed by atoms with Crippen LogP contribution in [0.4, 0.5) is 4.79 Å². The average molecular weight is 381 g/mol. The van der Waals surface area contributed by atoms with Gasteiger partial charge in [0.1, 0.15) is 0 Å². The maximum Gasteiger partial charge on any atom is 0.417 e. The second-order valence-corrected chi connectivity index (χ2v) is 6.67. The van der Waals surface area contributed by atoms with Gasteiger partial charge in [-0.05, 0) is 18.1 Å². The van der Waals surface area contributed by atoms with Crippen LogP contribution in [0.25, 0.3) is 0 Å². The van der Waals surface area contributed by atoms with Gasteiger partial charge >= 0.3 is 6.09 Å².